The number of hydrogen-bond donors (Lipinski definition) is 0. The standard InChI is InChI=1S/C49H44N6O2.Pd.Pt/c1-29(2)33-13-15-51-45(23-33)37-17-35(31(5)6)19-41(21-37)56-39-9-11-43-44-12-10-40(26-48(44)55(47(43)25-39)49-53-27-50-28-54-49)57-42-20-36(32(7)8)18-38(22-42)46-24-34(30(3)4)14-16-52-46;;/h9-20,23-24,27-32H,1-8H3;;/q-4;2*+2. The van der Waals surface area contributed by atoms with E-state index in [1.54, 1.807) is 0 Å². The van der Waals surface area contributed by atoms with Crippen molar-refractivity contribution in [2.24, 2.45) is 0 Å². The van der Waals surface area contributed by atoms with E-state index < -0.39 is 0 Å². The molecule has 0 spiro atoms. The molecule has 0 saturated carbocycles. The molecule has 4 aromatic heterocycles. The molecule has 0 aliphatic carbocycles. The van der Waals surface area contributed by atoms with Crippen LogP contribution in [0.2, 0.25) is 0 Å². The van der Waals surface area contributed by atoms with Crippen LogP contribution >= 0.6 is 0 Å². The van der Waals surface area contributed by atoms with E-state index in [-0.39, 0.29) is 53.3 Å². The van der Waals surface area contributed by atoms with Gasteiger partial charge in [0, 0.05) is 35.4 Å². The molecular weight excluding hydrogens is 1010 g/mol. The third kappa shape index (κ3) is 9.39. The molecule has 8 aromatic rings. The fourth-order valence-corrected chi connectivity index (χ4v) is 6.82. The van der Waals surface area contributed by atoms with Crippen molar-refractivity contribution in [3.63, 3.8) is 0 Å². The molecule has 8 nitrogen and oxygen atoms in total. The Bertz CT molecular complexity index is 2560. The Morgan fingerprint density at radius 3 is 1.31 bits per heavy atom. The van der Waals surface area contributed by atoms with Crippen LogP contribution in [0.4, 0.5) is 0 Å². The van der Waals surface area contributed by atoms with E-state index in [0.717, 1.165) is 55.4 Å². The Morgan fingerprint density at radius 2 is 0.898 bits per heavy atom. The van der Waals surface area contributed by atoms with Crippen LogP contribution in [-0.4, -0.2) is 29.5 Å². The summed E-state index contributed by atoms with van der Waals surface area (Å²) in [5.74, 6) is 3.92. The molecular formula is C49H44N6O2PdPt. The fourth-order valence-electron chi connectivity index (χ4n) is 6.82. The van der Waals surface area contributed by atoms with Gasteiger partial charge in [-0.15, -0.1) is 58.7 Å². The third-order valence-electron chi connectivity index (χ3n) is 10.2. The molecule has 0 bridgehead atoms. The normalized spacial score (nSPS) is 11.4. The number of hydrogen-bond acceptors (Lipinski definition) is 7. The van der Waals surface area contributed by atoms with Gasteiger partial charge in [-0.2, -0.15) is 22.9 Å². The Hall–Kier alpha value is -5.06. The van der Waals surface area contributed by atoms with Crippen molar-refractivity contribution in [3.8, 4) is 51.5 Å². The van der Waals surface area contributed by atoms with E-state index >= 15 is 0 Å². The first-order valence-electron chi connectivity index (χ1n) is 19.5. The Morgan fingerprint density at radius 1 is 0.475 bits per heavy atom. The number of aromatic nitrogens is 6. The van der Waals surface area contributed by atoms with E-state index in [0.29, 0.717) is 40.8 Å². The molecule has 0 fully saturated rings. The van der Waals surface area contributed by atoms with Crippen molar-refractivity contribution in [1.82, 2.24) is 29.5 Å². The predicted molar refractivity (Wildman–Crippen MR) is 225 cm³/mol. The minimum absolute atomic E-state index is 0. The van der Waals surface area contributed by atoms with Crippen LogP contribution in [0, 0.1) is 24.3 Å². The molecule has 10 heteroatoms. The molecule has 0 radical (unpaired) electrons. The molecule has 4 aromatic carbocycles. The largest absolute Gasteiger partial charge is 2.00 e. The first kappa shape index (κ1) is 43.5. The Kier molecular flexibility index (Phi) is 13.6. The summed E-state index contributed by atoms with van der Waals surface area (Å²) < 4.78 is 15.0. The molecule has 0 N–H and O–H groups in total. The maximum atomic E-state index is 6.56. The smallest absolute Gasteiger partial charge is 0.503 e. The predicted octanol–water partition coefficient (Wildman–Crippen LogP) is 12.4. The second-order valence-corrected chi connectivity index (χ2v) is 15.6. The second kappa shape index (κ2) is 18.5. The fraction of sp³-hybridized carbons (Fsp3) is 0.245. The van der Waals surface area contributed by atoms with Crippen LogP contribution in [-0.2, 0) is 41.5 Å². The van der Waals surface area contributed by atoms with Crippen LogP contribution in [0.5, 0.6) is 23.0 Å². The van der Waals surface area contributed by atoms with E-state index in [2.05, 4.69) is 141 Å². The molecule has 0 aliphatic heterocycles. The average Bonchev–Trinajstić information content (AvgIpc) is 3.53. The van der Waals surface area contributed by atoms with Gasteiger partial charge in [0.1, 0.15) is 12.7 Å². The number of ether oxygens (including phenoxy) is 2. The first-order valence-corrected chi connectivity index (χ1v) is 19.5. The van der Waals surface area contributed by atoms with Gasteiger partial charge in [-0.25, -0.2) is 15.0 Å². The molecule has 0 amide bonds. The molecule has 0 saturated heterocycles. The summed E-state index contributed by atoms with van der Waals surface area (Å²) in [5, 5.41) is 1.87. The monoisotopic (exact) mass is 1050 g/mol. The zero-order chi connectivity index (χ0) is 39.8. The van der Waals surface area contributed by atoms with Crippen molar-refractivity contribution >= 4 is 21.8 Å². The summed E-state index contributed by atoms with van der Waals surface area (Å²) in [5.41, 5.74) is 9.62. The molecule has 4 heterocycles. The van der Waals surface area contributed by atoms with Crippen LogP contribution in [0.1, 0.15) is 101 Å². The summed E-state index contributed by atoms with van der Waals surface area (Å²) >= 11 is 0. The van der Waals surface area contributed by atoms with E-state index in [9.17, 15) is 0 Å². The van der Waals surface area contributed by atoms with Crippen molar-refractivity contribution in [1.29, 1.82) is 0 Å². The summed E-state index contributed by atoms with van der Waals surface area (Å²) in [6.45, 7) is 17.4. The molecule has 0 unspecified atom stereocenters. The summed E-state index contributed by atoms with van der Waals surface area (Å²) in [4.78, 5) is 22.5. The molecule has 0 atom stereocenters. The summed E-state index contributed by atoms with van der Waals surface area (Å²) in [6, 6.07) is 38.6. The Labute approximate surface area is 374 Å². The number of nitrogens with zero attached hydrogens (tertiary/aromatic N) is 6. The summed E-state index contributed by atoms with van der Waals surface area (Å²) in [7, 11) is 0. The van der Waals surface area contributed by atoms with Gasteiger partial charge in [-0.05, 0) is 47.2 Å². The number of benzene rings is 4. The minimum atomic E-state index is 0. The Balaban J connectivity index is 0.00000293. The van der Waals surface area contributed by atoms with Crippen LogP contribution in [0.15, 0.2) is 97.8 Å². The van der Waals surface area contributed by atoms with E-state index in [1.165, 1.54) is 23.8 Å². The second-order valence-electron chi connectivity index (χ2n) is 15.6. The number of fused-ring (bicyclic) bond motifs is 3. The quantitative estimate of drug-likeness (QED) is 0.0942. The SMILES string of the molecule is CC(C)c1cc(Oc2[c-]c3c(cc2)c2ccc(Oc4[c-]c(-c5cc(C(C)C)ccn5)cc(C(C)C)c4)[c-]c2n3-c2ncncn2)[c-]c(-c2cc(C(C)C)ccn2)c1.[Pd+2].[Pt+2]. The molecule has 8 rings (SSSR count). The van der Waals surface area contributed by atoms with Crippen LogP contribution in [0.3, 0.4) is 0 Å². The van der Waals surface area contributed by atoms with Crippen molar-refractivity contribution in [2.45, 2.75) is 79.1 Å². The van der Waals surface area contributed by atoms with Gasteiger partial charge >= 0.3 is 41.5 Å². The van der Waals surface area contributed by atoms with Gasteiger partial charge in [0.05, 0.1) is 0 Å². The van der Waals surface area contributed by atoms with Gasteiger partial charge in [0.25, 0.3) is 0 Å². The van der Waals surface area contributed by atoms with Crippen molar-refractivity contribution in [3.05, 3.63) is 144 Å². The average molecular weight is 1050 g/mol. The number of rotatable bonds is 11. The maximum absolute atomic E-state index is 6.56. The van der Waals surface area contributed by atoms with Gasteiger partial charge in [0.15, 0.2) is 0 Å². The first-order chi connectivity index (χ1) is 27.5. The maximum Gasteiger partial charge on any atom is 2.00 e. The van der Waals surface area contributed by atoms with Gasteiger partial charge < -0.3 is 24.0 Å². The number of pyridine rings is 2. The van der Waals surface area contributed by atoms with E-state index in [1.807, 2.05) is 53.4 Å². The third-order valence-corrected chi connectivity index (χ3v) is 10.2. The van der Waals surface area contributed by atoms with Gasteiger partial charge in [-0.1, -0.05) is 114 Å². The van der Waals surface area contributed by atoms with Crippen molar-refractivity contribution < 1.29 is 51.0 Å². The summed E-state index contributed by atoms with van der Waals surface area (Å²) in [6.07, 6.45) is 6.68. The van der Waals surface area contributed by atoms with Gasteiger partial charge in [-0.3, -0.25) is 0 Å². The molecule has 302 valence electrons. The topological polar surface area (TPSA) is 87.8 Å². The van der Waals surface area contributed by atoms with Gasteiger partial charge in [0.2, 0.25) is 5.95 Å². The molecule has 0 aliphatic rings. The zero-order valence-corrected chi connectivity index (χ0v) is 38.0. The minimum Gasteiger partial charge on any atom is -0.503 e. The zero-order valence-electron chi connectivity index (χ0n) is 34.2. The van der Waals surface area contributed by atoms with Crippen molar-refractivity contribution in [2.75, 3.05) is 0 Å². The molecule has 59 heavy (non-hydrogen) atoms. The van der Waals surface area contributed by atoms with Crippen LogP contribution in [0.25, 0.3) is 50.3 Å². The van der Waals surface area contributed by atoms with E-state index in [4.69, 9.17) is 9.47 Å². The van der Waals surface area contributed by atoms with Crippen LogP contribution < -0.4 is 9.47 Å².